The van der Waals surface area contributed by atoms with Crippen LogP contribution < -0.4 is 14.8 Å². The Labute approximate surface area is 166 Å². The van der Waals surface area contributed by atoms with Gasteiger partial charge in [0.25, 0.3) is 5.91 Å². The van der Waals surface area contributed by atoms with Crippen LogP contribution in [0, 0.1) is 0 Å². The van der Waals surface area contributed by atoms with Crippen molar-refractivity contribution in [2.24, 2.45) is 0 Å². The number of hydrogen-bond donors (Lipinski definition) is 1. The van der Waals surface area contributed by atoms with Gasteiger partial charge in [-0.25, -0.2) is 4.79 Å². The summed E-state index contributed by atoms with van der Waals surface area (Å²) in [4.78, 5) is 24.7. The van der Waals surface area contributed by atoms with Crippen molar-refractivity contribution in [2.75, 3.05) is 13.9 Å². The zero-order valence-corrected chi connectivity index (χ0v) is 15.6. The average Bonchev–Trinajstić information content (AvgIpc) is 3.41. The van der Waals surface area contributed by atoms with Gasteiger partial charge in [0.15, 0.2) is 17.5 Å². The maximum absolute atomic E-state index is 12.6. The van der Waals surface area contributed by atoms with Gasteiger partial charge in [-0.05, 0) is 23.3 Å². The highest BCUT2D eigenvalue weighted by atomic mass is 16.7. The van der Waals surface area contributed by atoms with Crippen LogP contribution >= 0.6 is 0 Å². The second kappa shape index (κ2) is 8.05. The summed E-state index contributed by atoms with van der Waals surface area (Å²) in [5, 5.41) is 6.57. The van der Waals surface area contributed by atoms with Crippen LogP contribution in [0.15, 0.2) is 59.1 Å². The van der Waals surface area contributed by atoms with Crippen LogP contribution in [0.4, 0.5) is 0 Å². The summed E-state index contributed by atoms with van der Waals surface area (Å²) in [6.07, 6.45) is 0.451. The molecule has 148 valence electrons. The van der Waals surface area contributed by atoms with Gasteiger partial charge in [-0.2, -0.15) is 0 Å². The van der Waals surface area contributed by atoms with E-state index in [2.05, 4.69) is 10.5 Å². The maximum Gasteiger partial charge on any atom is 0.333 e. The molecule has 0 unspecified atom stereocenters. The predicted octanol–water partition coefficient (Wildman–Crippen LogP) is 2.64. The number of esters is 1. The van der Waals surface area contributed by atoms with Crippen LogP contribution in [0.2, 0.25) is 0 Å². The predicted molar refractivity (Wildman–Crippen MR) is 101 cm³/mol. The topological polar surface area (TPSA) is 99.9 Å². The maximum atomic E-state index is 12.6. The summed E-state index contributed by atoms with van der Waals surface area (Å²) in [5.74, 6) is 0.236. The van der Waals surface area contributed by atoms with Crippen LogP contribution in [-0.2, 0) is 16.0 Å². The van der Waals surface area contributed by atoms with E-state index in [0.29, 0.717) is 29.2 Å². The van der Waals surface area contributed by atoms with Crippen molar-refractivity contribution in [1.82, 2.24) is 10.5 Å². The molecule has 1 aliphatic heterocycles. The van der Waals surface area contributed by atoms with Gasteiger partial charge in [0.2, 0.25) is 12.6 Å². The molecule has 1 N–H and O–H groups in total. The quantitative estimate of drug-likeness (QED) is 0.642. The third-order valence-electron chi connectivity index (χ3n) is 4.45. The van der Waals surface area contributed by atoms with E-state index in [0.717, 1.165) is 5.56 Å². The fraction of sp³-hybridized carbons (Fsp3) is 0.190. The minimum Gasteiger partial charge on any atom is -0.467 e. The van der Waals surface area contributed by atoms with Crippen LogP contribution in [0.5, 0.6) is 11.5 Å². The molecule has 1 aliphatic rings. The summed E-state index contributed by atoms with van der Waals surface area (Å²) in [7, 11) is 1.27. The van der Waals surface area contributed by atoms with Crippen molar-refractivity contribution in [1.29, 1.82) is 0 Å². The molecule has 0 saturated heterocycles. The summed E-state index contributed by atoms with van der Waals surface area (Å²) < 4.78 is 20.6. The molecule has 4 rings (SSSR count). The monoisotopic (exact) mass is 394 g/mol. The Hall–Kier alpha value is -3.81. The molecule has 0 aliphatic carbocycles. The largest absolute Gasteiger partial charge is 0.467 e. The van der Waals surface area contributed by atoms with Gasteiger partial charge >= 0.3 is 5.97 Å². The van der Waals surface area contributed by atoms with E-state index in [4.69, 9.17) is 18.7 Å². The van der Waals surface area contributed by atoms with Gasteiger partial charge in [-0.15, -0.1) is 0 Å². The van der Waals surface area contributed by atoms with Crippen LogP contribution in [-0.4, -0.2) is 30.9 Å². The van der Waals surface area contributed by atoms with Gasteiger partial charge in [-0.1, -0.05) is 41.6 Å². The fourth-order valence-electron chi connectivity index (χ4n) is 3.01. The lowest BCUT2D eigenvalue weighted by atomic mass is 10.1. The molecular weight excluding hydrogens is 376 g/mol. The third kappa shape index (κ3) is 4.06. The van der Waals surface area contributed by atoms with Crippen molar-refractivity contribution < 1.29 is 28.3 Å². The third-order valence-corrected chi connectivity index (χ3v) is 4.45. The van der Waals surface area contributed by atoms with Crippen molar-refractivity contribution in [2.45, 2.75) is 12.5 Å². The molecule has 29 heavy (non-hydrogen) atoms. The number of fused-ring (bicyclic) bond motifs is 1. The molecule has 0 saturated carbocycles. The van der Waals surface area contributed by atoms with Crippen molar-refractivity contribution >= 4 is 11.9 Å². The second-order valence-corrected chi connectivity index (χ2v) is 6.39. The van der Waals surface area contributed by atoms with E-state index >= 15 is 0 Å². The lowest BCUT2D eigenvalue weighted by molar-refractivity contribution is -0.143. The number of nitrogens with zero attached hydrogens (tertiary/aromatic N) is 1. The average molecular weight is 394 g/mol. The summed E-state index contributed by atoms with van der Waals surface area (Å²) in [6, 6.07) is 15.0. The Morgan fingerprint density at radius 1 is 1.10 bits per heavy atom. The number of amides is 1. The molecule has 3 aromatic rings. The molecule has 0 fully saturated rings. The lowest BCUT2D eigenvalue weighted by Crippen LogP contribution is -2.34. The molecule has 1 aromatic heterocycles. The van der Waals surface area contributed by atoms with Gasteiger partial charge in [0, 0.05) is 12.5 Å². The smallest absolute Gasteiger partial charge is 0.333 e. The van der Waals surface area contributed by atoms with Crippen molar-refractivity contribution in [3.8, 4) is 11.5 Å². The Kier molecular flexibility index (Phi) is 5.15. The van der Waals surface area contributed by atoms with E-state index in [1.807, 2.05) is 24.3 Å². The number of rotatable bonds is 6. The molecule has 1 amide bonds. The Morgan fingerprint density at radius 2 is 1.90 bits per heavy atom. The normalized spacial score (nSPS) is 13.0. The number of nitrogens with one attached hydrogen (secondary N) is 1. The standard InChI is InChI=1S/C21H18N2O6/c1-26-21(25)19(14-5-3-2-4-6-14)22-20(24)18-11-15(23-29-18)9-13-7-8-16-17(10-13)28-12-27-16/h2-8,10-11,19H,9,12H2,1H3,(H,22,24)/t19-/m0/s1. The Morgan fingerprint density at radius 3 is 2.69 bits per heavy atom. The highest BCUT2D eigenvalue weighted by Crippen LogP contribution is 2.33. The van der Waals surface area contributed by atoms with E-state index < -0.39 is 17.9 Å². The number of benzene rings is 2. The number of hydrogen-bond acceptors (Lipinski definition) is 7. The SMILES string of the molecule is COC(=O)[C@@H](NC(=O)c1cc(Cc2ccc3c(c2)OCO3)no1)c1ccccc1. The molecule has 2 heterocycles. The lowest BCUT2D eigenvalue weighted by Gasteiger charge is -2.15. The molecular formula is C21H18N2O6. The zero-order chi connectivity index (χ0) is 20.2. The van der Waals surface area contributed by atoms with E-state index in [1.165, 1.54) is 7.11 Å². The van der Waals surface area contributed by atoms with Crippen molar-refractivity contribution in [3.05, 3.63) is 77.2 Å². The van der Waals surface area contributed by atoms with E-state index in [9.17, 15) is 9.59 Å². The Balaban J connectivity index is 1.47. The highest BCUT2D eigenvalue weighted by molar-refractivity contribution is 5.94. The highest BCUT2D eigenvalue weighted by Gasteiger charge is 2.26. The molecule has 1 atom stereocenters. The number of carbonyl (C=O) groups excluding carboxylic acids is 2. The summed E-state index contributed by atoms with van der Waals surface area (Å²) in [6.45, 7) is 0.204. The van der Waals surface area contributed by atoms with Gasteiger partial charge in [0.05, 0.1) is 12.8 Å². The first-order valence-corrected chi connectivity index (χ1v) is 8.92. The van der Waals surface area contributed by atoms with Crippen LogP contribution in [0.25, 0.3) is 0 Å². The molecule has 8 nitrogen and oxygen atoms in total. The first-order chi connectivity index (χ1) is 14.1. The van der Waals surface area contributed by atoms with Crippen molar-refractivity contribution in [3.63, 3.8) is 0 Å². The summed E-state index contributed by atoms with van der Waals surface area (Å²) in [5.41, 5.74) is 2.11. The minimum absolute atomic E-state index is 0.00516. The van der Waals surface area contributed by atoms with Gasteiger partial charge < -0.3 is 24.1 Å². The second-order valence-electron chi connectivity index (χ2n) is 6.39. The molecule has 0 spiro atoms. The van der Waals surface area contributed by atoms with Gasteiger partial charge in [0.1, 0.15) is 0 Å². The first-order valence-electron chi connectivity index (χ1n) is 8.92. The number of aromatic nitrogens is 1. The zero-order valence-electron chi connectivity index (χ0n) is 15.6. The first kappa shape index (κ1) is 18.5. The molecule has 2 aromatic carbocycles. The number of carbonyl (C=O) groups is 2. The van der Waals surface area contributed by atoms with Crippen LogP contribution in [0.1, 0.15) is 33.4 Å². The molecule has 0 bridgehead atoms. The number of ether oxygens (including phenoxy) is 3. The van der Waals surface area contributed by atoms with E-state index in [1.54, 1.807) is 30.3 Å². The summed E-state index contributed by atoms with van der Waals surface area (Å²) >= 11 is 0. The fourth-order valence-corrected chi connectivity index (χ4v) is 3.01. The molecule has 8 heteroatoms. The van der Waals surface area contributed by atoms with Gasteiger partial charge in [-0.3, -0.25) is 4.79 Å². The number of methoxy groups -OCH3 is 1. The minimum atomic E-state index is -0.948. The van der Waals surface area contributed by atoms with E-state index in [-0.39, 0.29) is 12.6 Å². The molecule has 0 radical (unpaired) electrons. The van der Waals surface area contributed by atoms with Crippen LogP contribution in [0.3, 0.4) is 0 Å². The Bertz CT molecular complexity index is 1030.